The van der Waals surface area contributed by atoms with E-state index in [1.54, 1.807) is 5.38 Å². The largest absolute Gasteiger partial charge is 0.476 e. The van der Waals surface area contributed by atoms with Gasteiger partial charge in [-0.2, -0.15) is 0 Å². The number of carboxylic acid groups (broad SMARTS) is 1. The summed E-state index contributed by atoms with van der Waals surface area (Å²) in [5.74, 6) is 0.307. The molecule has 2 N–H and O–H groups in total. The van der Waals surface area contributed by atoms with E-state index in [2.05, 4.69) is 31.1 Å². The summed E-state index contributed by atoms with van der Waals surface area (Å²) < 4.78 is 0. The molecule has 0 radical (unpaired) electrons. The third-order valence-electron chi connectivity index (χ3n) is 2.65. The van der Waals surface area contributed by atoms with Crippen LogP contribution < -0.4 is 5.32 Å². The van der Waals surface area contributed by atoms with Gasteiger partial charge in [-0.3, -0.25) is 0 Å². The lowest BCUT2D eigenvalue weighted by Crippen LogP contribution is -2.23. The Labute approximate surface area is 99.7 Å². The van der Waals surface area contributed by atoms with Crippen molar-refractivity contribution < 1.29 is 9.90 Å². The number of thiazole rings is 1. The molecule has 4 nitrogen and oxygen atoms in total. The van der Waals surface area contributed by atoms with E-state index in [1.807, 2.05) is 0 Å². The minimum atomic E-state index is -0.952. The highest BCUT2D eigenvalue weighted by molar-refractivity contribution is 7.11. The Balaban J connectivity index is 2.35. The van der Waals surface area contributed by atoms with E-state index in [9.17, 15) is 4.79 Å². The van der Waals surface area contributed by atoms with Gasteiger partial charge in [0.25, 0.3) is 0 Å². The van der Waals surface area contributed by atoms with Crippen molar-refractivity contribution >= 4 is 17.3 Å². The van der Waals surface area contributed by atoms with Crippen LogP contribution in [0.25, 0.3) is 0 Å². The van der Waals surface area contributed by atoms with Crippen molar-refractivity contribution in [2.75, 3.05) is 6.54 Å². The Hall–Kier alpha value is -0.940. The lowest BCUT2D eigenvalue weighted by molar-refractivity contribution is 0.0696. The minimum Gasteiger partial charge on any atom is -0.476 e. The zero-order chi connectivity index (χ0) is 12.1. The van der Waals surface area contributed by atoms with E-state index in [4.69, 9.17) is 5.11 Å². The van der Waals surface area contributed by atoms with Gasteiger partial charge in [0.15, 0.2) is 0 Å². The van der Waals surface area contributed by atoms with Gasteiger partial charge in [-0.25, -0.2) is 9.78 Å². The highest BCUT2D eigenvalue weighted by atomic mass is 32.1. The van der Waals surface area contributed by atoms with Crippen LogP contribution in [-0.4, -0.2) is 22.6 Å². The summed E-state index contributed by atoms with van der Waals surface area (Å²) in [4.78, 5) is 14.6. The fourth-order valence-electron chi connectivity index (χ4n) is 1.15. The number of hydrogen-bond acceptors (Lipinski definition) is 4. The Bertz CT molecular complexity index is 350. The van der Waals surface area contributed by atoms with Gasteiger partial charge in [-0.1, -0.05) is 20.8 Å². The molecule has 1 rings (SSSR count). The van der Waals surface area contributed by atoms with Gasteiger partial charge in [-0.05, 0) is 18.4 Å². The van der Waals surface area contributed by atoms with E-state index in [0.717, 1.165) is 12.2 Å². The molecule has 1 aromatic rings. The Morgan fingerprint density at radius 3 is 2.75 bits per heavy atom. The SMILES string of the molecule is CC(C)C(C)CNCc1csc(C(=O)O)n1. The highest BCUT2D eigenvalue weighted by Gasteiger charge is 2.09. The molecule has 1 heterocycles. The Kier molecular flexibility index (Phi) is 4.89. The second kappa shape index (κ2) is 5.96. The third kappa shape index (κ3) is 3.90. The average molecular weight is 242 g/mol. The van der Waals surface area contributed by atoms with Gasteiger partial charge in [0, 0.05) is 11.9 Å². The van der Waals surface area contributed by atoms with Gasteiger partial charge in [0.05, 0.1) is 5.69 Å². The van der Waals surface area contributed by atoms with Crippen molar-refractivity contribution in [2.45, 2.75) is 27.3 Å². The summed E-state index contributed by atoms with van der Waals surface area (Å²) >= 11 is 1.17. The zero-order valence-corrected chi connectivity index (χ0v) is 10.7. The van der Waals surface area contributed by atoms with Gasteiger partial charge in [0.1, 0.15) is 0 Å². The molecular weight excluding hydrogens is 224 g/mol. The number of carbonyl (C=O) groups is 1. The molecule has 5 heteroatoms. The highest BCUT2D eigenvalue weighted by Crippen LogP contribution is 2.10. The Morgan fingerprint density at radius 2 is 2.25 bits per heavy atom. The van der Waals surface area contributed by atoms with Gasteiger partial charge >= 0.3 is 5.97 Å². The predicted octanol–water partition coefficient (Wildman–Crippen LogP) is 2.22. The second-order valence-electron chi connectivity index (χ2n) is 4.30. The molecule has 0 aromatic carbocycles. The van der Waals surface area contributed by atoms with Crippen molar-refractivity contribution in [3.8, 4) is 0 Å². The van der Waals surface area contributed by atoms with Gasteiger partial charge in [-0.15, -0.1) is 11.3 Å². The Morgan fingerprint density at radius 1 is 1.56 bits per heavy atom. The summed E-state index contributed by atoms with van der Waals surface area (Å²) in [5, 5.41) is 13.9. The van der Waals surface area contributed by atoms with Crippen molar-refractivity contribution in [2.24, 2.45) is 11.8 Å². The fraction of sp³-hybridized carbons (Fsp3) is 0.636. The maximum absolute atomic E-state index is 10.6. The fourth-order valence-corrected chi connectivity index (χ4v) is 1.80. The number of hydrogen-bond donors (Lipinski definition) is 2. The first-order valence-electron chi connectivity index (χ1n) is 5.39. The maximum atomic E-state index is 10.6. The summed E-state index contributed by atoms with van der Waals surface area (Å²) in [6.07, 6.45) is 0. The van der Waals surface area contributed by atoms with E-state index in [-0.39, 0.29) is 5.01 Å². The number of nitrogens with one attached hydrogen (secondary N) is 1. The monoisotopic (exact) mass is 242 g/mol. The topological polar surface area (TPSA) is 62.2 Å². The molecule has 0 bridgehead atoms. The first-order chi connectivity index (χ1) is 7.50. The van der Waals surface area contributed by atoms with E-state index in [0.29, 0.717) is 18.4 Å². The lowest BCUT2D eigenvalue weighted by Gasteiger charge is -2.15. The normalized spacial score (nSPS) is 13.0. The van der Waals surface area contributed by atoms with Crippen molar-refractivity contribution in [3.05, 3.63) is 16.1 Å². The van der Waals surface area contributed by atoms with Crippen LogP contribution in [0.5, 0.6) is 0 Å². The van der Waals surface area contributed by atoms with E-state index < -0.39 is 5.97 Å². The molecule has 0 fully saturated rings. The summed E-state index contributed by atoms with van der Waals surface area (Å²) in [7, 11) is 0. The number of carboxylic acids is 1. The summed E-state index contributed by atoms with van der Waals surface area (Å²) in [6, 6.07) is 0. The van der Waals surface area contributed by atoms with Crippen LogP contribution in [0.1, 0.15) is 36.3 Å². The predicted molar refractivity (Wildman–Crippen MR) is 64.8 cm³/mol. The molecule has 0 aliphatic rings. The van der Waals surface area contributed by atoms with Crippen LogP contribution in [0, 0.1) is 11.8 Å². The molecule has 0 saturated heterocycles. The van der Waals surface area contributed by atoms with Crippen LogP contribution in [0.3, 0.4) is 0 Å². The molecule has 0 amide bonds. The number of nitrogens with zero attached hydrogens (tertiary/aromatic N) is 1. The molecule has 0 aliphatic carbocycles. The summed E-state index contributed by atoms with van der Waals surface area (Å²) in [6.45, 7) is 8.15. The van der Waals surface area contributed by atoms with E-state index in [1.165, 1.54) is 11.3 Å². The standard InChI is InChI=1S/C11H18N2O2S/c1-7(2)8(3)4-12-5-9-6-16-10(13-9)11(14)15/h6-8,12H,4-5H2,1-3H3,(H,14,15). The van der Waals surface area contributed by atoms with Crippen molar-refractivity contribution in [1.29, 1.82) is 0 Å². The van der Waals surface area contributed by atoms with Crippen LogP contribution in [0.2, 0.25) is 0 Å². The van der Waals surface area contributed by atoms with Crippen LogP contribution in [0.4, 0.5) is 0 Å². The number of rotatable bonds is 6. The quantitative estimate of drug-likeness (QED) is 0.803. The van der Waals surface area contributed by atoms with Crippen molar-refractivity contribution in [3.63, 3.8) is 0 Å². The molecule has 1 unspecified atom stereocenters. The first-order valence-corrected chi connectivity index (χ1v) is 6.27. The molecular formula is C11H18N2O2S. The smallest absolute Gasteiger partial charge is 0.365 e. The second-order valence-corrected chi connectivity index (χ2v) is 5.16. The minimum absolute atomic E-state index is 0.161. The zero-order valence-electron chi connectivity index (χ0n) is 9.86. The lowest BCUT2D eigenvalue weighted by atomic mass is 9.98. The molecule has 90 valence electrons. The molecule has 1 aromatic heterocycles. The third-order valence-corrected chi connectivity index (χ3v) is 3.52. The first kappa shape index (κ1) is 13.1. The van der Waals surface area contributed by atoms with Crippen LogP contribution >= 0.6 is 11.3 Å². The molecule has 16 heavy (non-hydrogen) atoms. The van der Waals surface area contributed by atoms with E-state index >= 15 is 0 Å². The maximum Gasteiger partial charge on any atom is 0.365 e. The molecule has 0 spiro atoms. The van der Waals surface area contributed by atoms with Gasteiger partial charge in [0.2, 0.25) is 5.01 Å². The summed E-state index contributed by atoms with van der Waals surface area (Å²) in [5.41, 5.74) is 0.804. The molecule has 0 saturated carbocycles. The van der Waals surface area contributed by atoms with Gasteiger partial charge < -0.3 is 10.4 Å². The molecule has 1 atom stereocenters. The van der Waals surface area contributed by atoms with Crippen molar-refractivity contribution in [1.82, 2.24) is 10.3 Å². The number of aromatic carboxylic acids is 1. The van der Waals surface area contributed by atoms with Crippen LogP contribution in [0.15, 0.2) is 5.38 Å². The number of aromatic nitrogens is 1. The average Bonchev–Trinajstić information content (AvgIpc) is 2.66. The molecule has 0 aliphatic heterocycles. The van der Waals surface area contributed by atoms with Crippen LogP contribution in [-0.2, 0) is 6.54 Å².